The van der Waals surface area contributed by atoms with E-state index in [4.69, 9.17) is 5.11 Å². The second-order valence-electron chi connectivity index (χ2n) is 5.80. The molecular formula is C14H22N2O4. The van der Waals surface area contributed by atoms with Gasteiger partial charge in [-0.2, -0.15) is 0 Å². The van der Waals surface area contributed by atoms with Crippen LogP contribution in [-0.4, -0.2) is 46.4 Å². The molecular weight excluding hydrogens is 260 g/mol. The van der Waals surface area contributed by atoms with Gasteiger partial charge in [0, 0.05) is 12.0 Å². The molecule has 0 radical (unpaired) electrons. The Morgan fingerprint density at radius 3 is 2.30 bits per heavy atom. The molecule has 1 unspecified atom stereocenters. The van der Waals surface area contributed by atoms with Crippen molar-refractivity contribution >= 4 is 17.8 Å². The molecule has 0 aromatic rings. The summed E-state index contributed by atoms with van der Waals surface area (Å²) in [5.74, 6) is -1.37. The van der Waals surface area contributed by atoms with Crippen molar-refractivity contribution in [3.63, 3.8) is 0 Å². The maximum atomic E-state index is 12.3. The summed E-state index contributed by atoms with van der Waals surface area (Å²) in [5, 5.41) is 11.6. The van der Waals surface area contributed by atoms with Crippen molar-refractivity contribution in [3.8, 4) is 0 Å². The topological polar surface area (TPSA) is 86.7 Å². The number of hydrogen-bond acceptors (Lipinski definition) is 3. The Labute approximate surface area is 118 Å². The molecule has 2 rings (SSSR count). The SMILES string of the molecule is CC(NC(=O)C1CCCC1)C(=O)N(CC(=O)O)C1CC1. The fourth-order valence-electron chi connectivity index (χ4n) is 2.75. The number of carboxylic acid groups (broad SMARTS) is 1. The maximum absolute atomic E-state index is 12.3. The van der Waals surface area contributed by atoms with E-state index in [1.807, 2.05) is 0 Å². The van der Waals surface area contributed by atoms with Crippen LogP contribution in [0.15, 0.2) is 0 Å². The molecule has 1 atom stereocenters. The van der Waals surface area contributed by atoms with E-state index in [9.17, 15) is 14.4 Å². The Balaban J connectivity index is 1.89. The van der Waals surface area contributed by atoms with E-state index in [1.54, 1.807) is 6.92 Å². The predicted octanol–water partition coefficient (Wildman–Crippen LogP) is 0.757. The summed E-state index contributed by atoms with van der Waals surface area (Å²) in [4.78, 5) is 36.4. The van der Waals surface area contributed by atoms with Gasteiger partial charge >= 0.3 is 5.97 Å². The summed E-state index contributed by atoms with van der Waals surface area (Å²) in [6.07, 6.45) is 5.59. The largest absolute Gasteiger partial charge is 0.480 e. The maximum Gasteiger partial charge on any atom is 0.323 e. The van der Waals surface area contributed by atoms with E-state index in [1.165, 1.54) is 4.90 Å². The van der Waals surface area contributed by atoms with Crippen molar-refractivity contribution in [2.45, 2.75) is 57.5 Å². The van der Waals surface area contributed by atoms with Crippen LogP contribution in [0.5, 0.6) is 0 Å². The third-order valence-electron chi connectivity index (χ3n) is 4.03. The molecule has 2 saturated carbocycles. The van der Waals surface area contributed by atoms with Crippen LogP contribution in [0.2, 0.25) is 0 Å². The fourth-order valence-corrected chi connectivity index (χ4v) is 2.75. The van der Waals surface area contributed by atoms with Gasteiger partial charge in [-0.25, -0.2) is 0 Å². The minimum absolute atomic E-state index is 0.0131. The highest BCUT2D eigenvalue weighted by Crippen LogP contribution is 2.28. The van der Waals surface area contributed by atoms with Crippen LogP contribution >= 0.6 is 0 Å². The molecule has 0 bridgehead atoms. The van der Waals surface area contributed by atoms with E-state index in [0.29, 0.717) is 0 Å². The summed E-state index contributed by atoms with van der Waals surface area (Å²) in [6, 6.07) is -0.618. The quantitative estimate of drug-likeness (QED) is 0.753. The second-order valence-corrected chi connectivity index (χ2v) is 5.80. The number of nitrogens with zero attached hydrogens (tertiary/aromatic N) is 1. The van der Waals surface area contributed by atoms with Gasteiger partial charge in [0.1, 0.15) is 12.6 Å². The van der Waals surface area contributed by atoms with Gasteiger partial charge in [0.2, 0.25) is 11.8 Å². The molecule has 0 spiro atoms. The summed E-state index contributed by atoms with van der Waals surface area (Å²) < 4.78 is 0. The Hall–Kier alpha value is -1.59. The molecule has 0 aromatic heterocycles. The molecule has 2 fully saturated rings. The Kier molecular flexibility index (Phi) is 4.62. The molecule has 112 valence electrons. The Bertz CT molecular complexity index is 400. The van der Waals surface area contributed by atoms with Gasteiger partial charge in [0.15, 0.2) is 0 Å². The van der Waals surface area contributed by atoms with Gasteiger partial charge in [-0.1, -0.05) is 12.8 Å². The minimum atomic E-state index is -1.01. The zero-order chi connectivity index (χ0) is 14.7. The van der Waals surface area contributed by atoms with Gasteiger partial charge < -0.3 is 15.3 Å². The van der Waals surface area contributed by atoms with Gasteiger partial charge in [-0.3, -0.25) is 14.4 Å². The van der Waals surface area contributed by atoms with E-state index < -0.39 is 12.0 Å². The first-order valence-corrected chi connectivity index (χ1v) is 7.31. The number of aliphatic carboxylic acids is 1. The Morgan fingerprint density at radius 1 is 1.20 bits per heavy atom. The third-order valence-corrected chi connectivity index (χ3v) is 4.03. The number of nitrogens with one attached hydrogen (secondary N) is 1. The normalized spacial score (nSPS) is 20.4. The molecule has 2 N–H and O–H groups in total. The number of carboxylic acids is 1. The lowest BCUT2D eigenvalue weighted by Gasteiger charge is -2.25. The van der Waals surface area contributed by atoms with E-state index in [-0.39, 0.29) is 30.3 Å². The van der Waals surface area contributed by atoms with Crippen LogP contribution in [0, 0.1) is 5.92 Å². The van der Waals surface area contributed by atoms with Crippen molar-refractivity contribution in [1.82, 2.24) is 10.2 Å². The first-order valence-electron chi connectivity index (χ1n) is 7.31. The van der Waals surface area contributed by atoms with E-state index in [0.717, 1.165) is 38.5 Å². The van der Waals surface area contributed by atoms with Crippen LogP contribution in [0.3, 0.4) is 0 Å². The molecule has 0 aromatic carbocycles. The van der Waals surface area contributed by atoms with Crippen molar-refractivity contribution in [2.75, 3.05) is 6.54 Å². The van der Waals surface area contributed by atoms with Crippen LogP contribution in [-0.2, 0) is 14.4 Å². The lowest BCUT2D eigenvalue weighted by molar-refractivity contribution is -0.146. The average molecular weight is 282 g/mol. The fraction of sp³-hybridized carbons (Fsp3) is 0.786. The van der Waals surface area contributed by atoms with Crippen molar-refractivity contribution in [1.29, 1.82) is 0 Å². The van der Waals surface area contributed by atoms with E-state index >= 15 is 0 Å². The molecule has 6 heteroatoms. The lowest BCUT2D eigenvalue weighted by Crippen LogP contribution is -2.50. The highest BCUT2D eigenvalue weighted by atomic mass is 16.4. The number of amides is 2. The average Bonchev–Trinajstić information content (AvgIpc) is 3.08. The van der Waals surface area contributed by atoms with Crippen LogP contribution in [0.25, 0.3) is 0 Å². The highest BCUT2D eigenvalue weighted by molar-refractivity contribution is 5.90. The first-order chi connectivity index (χ1) is 9.49. The molecule has 0 aliphatic heterocycles. The van der Waals surface area contributed by atoms with Gasteiger partial charge in [0.05, 0.1) is 0 Å². The number of hydrogen-bond donors (Lipinski definition) is 2. The molecule has 20 heavy (non-hydrogen) atoms. The smallest absolute Gasteiger partial charge is 0.323 e. The molecule has 2 aliphatic rings. The van der Waals surface area contributed by atoms with Gasteiger partial charge in [-0.15, -0.1) is 0 Å². The van der Waals surface area contributed by atoms with Crippen LogP contribution in [0.4, 0.5) is 0 Å². The summed E-state index contributed by atoms with van der Waals surface area (Å²) in [5.41, 5.74) is 0. The zero-order valence-corrected chi connectivity index (χ0v) is 11.8. The molecule has 2 aliphatic carbocycles. The lowest BCUT2D eigenvalue weighted by atomic mass is 10.1. The summed E-state index contributed by atoms with van der Waals surface area (Å²) in [6.45, 7) is 1.35. The second kappa shape index (κ2) is 6.24. The third kappa shape index (κ3) is 3.71. The molecule has 0 heterocycles. The number of carbonyl (C=O) groups excluding carboxylic acids is 2. The molecule has 6 nitrogen and oxygen atoms in total. The van der Waals surface area contributed by atoms with Crippen molar-refractivity contribution in [3.05, 3.63) is 0 Å². The standard InChI is InChI=1S/C14H22N2O4/c1-9(15-13(19)10-4-2-3-5-10)14(20)16(8-12(17)18)11-6-7-11/h9-11H,2-8H2,1H3,(H,15,19)(H,17,18). The van der Waals surface area contributed by atoms with Crippen molar-refractivity contribution in [2.24, 2.45) is 5.92 Å². The predicted molar refractivity (Wildman–Crippen MR) is 71.9 cm³/mol. The summed E-state index contributed by atoms with van der Waals surface area (Å²) in [7, 11) is 0. The highest BCUT2D eigenvalue weighted by Gasteiger charge is 2.36. The number of rotatable bonds is 6. The zero-order valence-electron chi connectivity index (χ0n) is 11.8. The van der Waals surface area contributed by atoms with E-state index in [2.05, 4.69) is 5.32 Å². The van der Waals surface area contributed by atoms with Crippen LogP contribution in [0.1, 0.15) is 45.4 Å². The Morgan fingerprint density at radius 2 is 1.80 bits per heavy atom. The molecule has 2 amide bonds. The van der Waals surface area contributed by atoms with Crippen LogP contribution < -0.4 is 5.32 Å². The van der Waals surface area contributed by atoms with Gasteiger partial charge in [0.25, 0.3) is 0 Å². The minimum Gasteiger partial charge on any atom is -0.480 e. The molecule has 0 saturated heterocycles. The monoisotopic (exact) mass is 282 g/mol. The van der Waals surface area contributed by atoms with Gasteiger partial charge in [-0.05, 0) is 32.6 Å². The first kappa shape index (κ1) is 14.8. The summed E-state index contributed by atoms with van der Waals surface area (Å²) >= 11 is 0. The van der Waals surface area contributed by atoms with Crippen molar-refractivity contribution < 1.29 is 19.5 Å². The number of carbonyl (C=O) groups is 3.